The number of fused-ring (bicyclic) bond motifs is 2. The van der Waals surface area contributed by atoms with Crippen molar-refractivity contribution in [1.29, 1.82) is 0 Å². The SMILES string of the molecule is CC1(C)c2c(nc(-c3nn(Cc4ccccc4F)c4ncccc34)nc2OCC(F)(F)F)NC1C=O. The molecule has 0 fully saturated rings. The zero-order valence-corrected chi connectivity index (χ0v) is 19.2. The van der Waals surface area contributed by atoms with Crippen LogP contribution in [-0.2, 0) is 16.8 Å². The van der Waals surface area contributed by atoms with Crippen LogP contribution in [0, 0.1) is 5.82 Å². The number of carbonyl (C=O) groups is 1. The predicted octanol–water partition coefficient (Wildman–Crippen LogP) is 4.29. The summed E-state index contributed by atoms with van der Waals surface area (Å²) in [6, 6.07) is 8.85. The number of halogens is 4. The van der Waals surface area contributed by atoms with Gasteiger partial charge in [0.2, 0.25) is 5.88 Å². The molecule has 0 radical (unpaired) electrons. The number of rotatable bonds is 6. The Morgan fingerprint density at radius 3 is 2.67 bits per heavy atom. The Morgan fingerprint density at radius 1 is 1.17 bits per heavy atom. The van der Waals surface area contributed by atoms with E-state index in [2.05, 4.69) is 25.4 Å². The minimum absolute atomic E-state index is 0.0222. The normalized spacial score (nSPS) is 16.6. The van der Waals surface area contributed by atoms with Crippen LogP contribution in [0.1, 0.15) is 25.0 Å². The van der Waals surface area contributed by atoms with E-state index in [1.807, 2.05) is 0 Å². The van der Waals surface area contributed by atoms with Crippen molar-refractivity contribution in [2.45, 2.75) is 38.0 Å². The number of aldehydes is 1. The van der Waals surface area contributed by atoms with Crippen molar-refractivity contribution in [2.75, 3.05) is 11.9 Å². The van der Waals surface area contributed by atoms with E-state index in [1.165, 1.54) is 10.7 Å². The predicted molar refractivity (Wildman–Crippen MR) is 122 cm³/mol. The summed E-state index contributed by atoms with van der Waals surface area (Å²) in [5.41, 5.74) is 0.353. The molecular weight excluding hydrogens is 480 g/mol. The van der Waals surface area contributed by atoms with Crippen LogP contribution in [0.3, 0.4) is 0 Å². The Kier molecular flexibility index (Phi) is 5.61. The molecule has 1 aliphatic rings. The molecule has 5 rings (SSSR count). The molecule has 36 heavy (non-hydrogen) atoms. The molecule has 8 nitrogen and oxygen atoms in total. The van der Waals surface area contributed by atoms with Gasteiger partial charge < -0.3 is 14.8 Å². The van der Waals surface area contributed by atoms with Gasteiger partial charge in [0.1, 0.15) is 23.6 Å². The average molecular weight is 500 g/mol. The van der Waals surface area contributed by atoms with E-state index in [1.54, 1.807) is 50.4 Å². The second kappa shape index (κ2) is 8.54. The zero-order valence-electron chi connectivity index (χ0n) is 19.2. The van der Waals surface area contributed by atoms with Crippen molar-refractivity contribution in [3.05, 3.63) is 59.5 Å². The minimum atomic E-state index is -4.60. The maximum absolute atomic E-state index is 14.3. The van der Waals surface area contributed by atoms with Crippen molar-refractivity contribution in [1.82, 2.24) is 24.7 Å². The van der Waals surface area contributed by atoms with Crippen molar-refractivity contribution in [2.24, 2.45) is 0 Å². The van der Waals surface area contributed by atoms with E-state index < -0.39 is 30.1 Å². The molecule has 1 aromatic carbocycles. The van der Waals surface area contributed by atoms with Gasteiger partial charge in [-0.05, 0) is 18.2 Å². The summed E-state index contributed by atoms with van der Waals surface area (Å²) in [5.74, 6) is -0.553. The second-order valence-corrected chi connectivity index (χ2v) is 8.93. The van der Waals surface area contributed by atoms with Crippen LogP contribution in [0.2, 0.25) is 0 Å². The fourth-order valence-electron chi connectivity index (χ4n) is 4.25. The Bertz CT molecular complexity index is 1470. The molecule has 0 saturated carbocycles. The standard InChI is InChI=1S/C24H20F4N6O2/c1-23(2)16(11-35)30-19-17(23)22(36-12-24(26,27)28)32-20(31-19)18-14-7-5-9-29-21(14)34(33-18)10-13-6-3-4-8-15(13)25/h3-9,11,16H,10,12H2,1-2H3,(H,30,31,32). The minimum Gasteiger partial charge on any atom is -0.468 e. The third kappa shape index (κ3) is 4.12. The van der Waals surface area contributed by atoms with E-state index in [4.69, 9.17) is 4.74 Å². The van der Waals surface area contributed by atoms with Crippen molar-refractivity contribution < 1.29 is 27.1 Å². The molecule has 4 aromatic rings. The number of hydrogen-bond acceptors (Lipinski definition) is 7. The number of hydrogen-bond donors (Lipinski definition) is 1. The number of nitrogens with zero attached hydrogens (tertiary/aromatic N) is 5. The number of ether oxygens (including phenoxy) is 1. The van der Waals surface area contributed by atoms with E-state index in [0.29, 0.717) is 22.9 Å². The third-order valence-electron chi connectivity index (χ3n) is 6.10. The summed E-state index contributed by atoms with van der Waals surface area (Å²) in [4.78, 5) is 24.8. The highest BCUT2D eigenvalue weighted by atomic mass is 19.4. The maximum atomic E-state index is 14.3. The van der Waals surface area contributed by atoms with Crippen LogP contribution in [0.25, 0.3) is 22.6 Å². The first kappa shape index (κ1) is 23.6. The first-order chi connectivity index (χ1) is 17.1. The average Bonchev–Trinajstić information content (AvgIpc) is 3.32. The van der Waals surface area contributed by atoms with Crippen LogP contribution in [0.5, 0.6) is 5.88 Å². The lowest BCUT2D eigenvalue weighted by Crippen LogP contribution is -2.35. The number of aromatic nitrogens is 5. The second-order valence-electron chi connectivity index (χ2n) is 8.93. The molecule has 4 heterocycles. The fraction of sp³-hybridized carbons (Fsp3) is 0.292. The van der Waals surface area contributed by atoms with Gasteiger partial charge in [0.05, 0.1) is 23.5 Å². The van der Waals surface area contributed by atoms with Crippen LogP contribution in [0.4, 0.5) is 23.4 Å². The Hall–Kier alpha value is -4.09. The first-order valence-electron chi connectivity index (χ1n) is 11.0. The number of alkyl halides is 3. The lowest BCUT2D eigenvalue weighted by atomic mass is 9.82. The van der Waals surface area contributed by atoms with Gasteiger partial charge in [-0.15, -0.1) is 0 Å². The van der Waals surface area contributed by atoms with Crippen LogP contribution < -0.4 is 10.1 Å². The topological polar surface area (TPSA) is 94.8 Å². The molecule has 12 heteroatoms. The molecule has 0 aliphatic carbocycles. The van der Waals surface area contributed by atoms with Gasteiger partial charge in [-0.1, -0.05) is 32.0 Å². The van der Waals surface area contributed by atoms with Crippen molar-refractivity contribution >= 4 is 23.1 Å². The molecule has 1 N–H and O–H groups in total. The molecule has 1 aliphatic heterocycles. The molecule has 1 unspecified atom stereocenters. The Morgan fingerprint density at radius 2 is 1.94 bits per heavy atom. The zero-order chi connectivity index (χ0) is 25.7. The fourth-order valence-corrected chi connectivity index (χ4v) is 4.25. The molecule has 0 bridgehead atoms. The van der Waals surface area contributed by atoms with E-state index in [9.17, 15) is 22.4 Å². The van der Waals surface area contributed by atoms with E-state index in [0.717, 1.165) is 0 Å². The number of anilines is 1. The number of nitrogens with one attached hydrogen (secondary N) is 1. The third-order valence-corrected chi connectivity index (χ3v) is 6.10. The lowest BCUT2D eigenvalue weighted by molar-refractivity contribution is -0.154. The molecule has 0 saturated heterocycles. The number of benzene rings is 1. The van der Waals surface area contributed by atoms with E-state index >= 15 is 0 Å². The lowest BCUT2D eigenvalue weighted by Gasteiger charge is -2.24. The largest absolute Gasteiger partial charge is 0.468 e. The van der Waals surface area contributed by atoms with Gasteiger partial charge in [-0.25, -0.2) is 19.0 Å². The monoisotopic (exact) mass is 500 g/mol. The van der Waals surface area contributed by atoms with E-state index in [-0.39, 0.29) is 35.3 Å². The van der Waals surface area contributed by atoms with Crippen LogP contribution in [0.15, 0.2) is 42.6 Å². The summed E-state index contributed by atoms with van der Waals surface area (Å²) >= 11 is 0. The highest BCUT2D eigenvalue weighted by molar-refractivity contribution is 5.90. The van der Waals surface area contributed by atoms with Crippen LogP contribution >= 0.6 is 0 Å². The van der Waals surface area contributed by atoms with Gasteiger partial charge in [-0.3, -0.25) is 0 Å². The molecule has 1 atom stereocenters. The molecule has 3 aromatic heterocycles. The summed E-state index contributed by atoms with van der Waals surface area (Å²) in [5, 5.41) is 7.99. The first-order valence-corrected chi connectivity index (χ1v) is 11.0. The van der Waals surface area contributed by atoms with Gasteiger partial charge in [-0.2, -0.15) is 23.3 Å². The quantitative estimate of drug-likeness (QED) is 0.312. The van der Waals surface area contributed by atoms with Gasteiger partial charge in [0.25, 0.3) is 0 Å². The summed E-state index contributed by atoms with van der Waals surface area (Å²) < 4.78 is 59.9. The number of carbonyl (C=O) groups excluding carboxylic acids is 1. The summed E-state index contributed by atoms with van der Waals surface area (Å²) in [7, 11) is 0. The van der Waals surface area contributed by atoms with Crippen LogP contribution in [-0.4, -0.2) is 49.8 Å². The maximum Gasteiger partial charge on any atom is 0.422 e. The molecule has 0 spiro atoms. The Labute approximate surface area is 202 Å². The Balaban J connectivity index is 1.66. The van der Waals surface area contributed by atoms with Gasteiger partial charge in [0, 0.05) is 17.2 Å². The van der Waals surface area contributed by atoms with Gasteiger partial charge >= 0.3 is 6.18 Å². The summed E-state index contributed by atoms with van der Waals surface area (Å²) in [6.45, 7) is 1.87. The number of pyridine rings is 1. The van der Waals surface area contributed by atoms with Crippen molar-refractivity contribution in [3.63, 3.8) is 0 Å². The highest BCUT2D eigenvalue weighted by Gasteiger charge is 2.45. The molecule has 0 amide bonds. The summed E-state index contributed by atoms with van der Waals surface area (Å²) in [6.07, 6.45) is -2.39. The van der Waals surface area contributed by atoms with Gasteiger partial charge in [0.15, 0.2) is 18.1 Å². The smallest absolute Gasteiger partial charge is 0.422 e. The molecule has 186 valence electrons. The van der Waals surface area contributed by atoms with Crippen molar-refractivity contribution in [3.8, 4) is 17.4 Å². The molecular formula is C24H20F4N6O2. The highest BCUT2D eigenvalue weighted by Crippen LogP contribution is 2.45.